The van der Waals surface area contributed by atoms with E-state index in [-0.39, 0.29) is 5.41 Å². The summed E-state index contributed by atoms with van der Waals surface area (Å²) >= 11 is 0. The Labute approximate surface area is 64.0 Å². The van der Waals surface area contributed by atoms with Gasteiger partial charge in [0.1, 0.15) is 0 Å². The molecular formula is C8H20N2. The van der Waals surface area contributed by atoms with Crippen molar-refractivity contribution in [1.29, 1.82) is 0 Å². The molecule has 0 atom stereocenters. The van der Waals surface area contributed by atoms with E-state index in [1.54, 1.807) is 0 Å². The predicted octanol–water partition coefficient (Wildman–Crippen LogP) is 1.45. The molecule has 0 rings (SSSR count). The molecule has 2 heteroatoms. The molecule has 0 aliphatic rings. The minimum absolute atomic E-state index is 0.276. The summed E-state index contributed by atoms with van der Waals surface area (Å²) in [6.07, 6.45) is 1.99. The molecule has 4 N–H and O–H groups in total. The lowest BCUT2D eigenvalue weighted by Crippen LogP contribution is -2.49. The first kappa shape index (κ1) is 9.92. The Morgan fingerprint density at radius 3 is 1.60 bits per heavy atom. The zero-order valence-corrected chi connectivity index (χ0v) is 7.57. The molecule has 0 aromatic heterocycles. The van der Waals surface area contributed by atoms with E-state index >= 15 is 0 Å². The third-order valence-electron chi connectivity index (χ3n) is 1.82. The molecule has 0 radical (unpaired) electrons. The number of nitrogens with two attached hydrogens (primary N) is 2. The van der Waals surface area contributed by atoms with Gasteiger partial charge in [0.05, 0.1) is 5.66 Å². The number of rotatable bonds is 3. The van der Waals surface area contributed by atoms with Crippen LogP contribution in [0.15, 0.2) is 0 Å². The minimum Gasteiger partial charge on any atom is -0.314 e. The molecule has 0 aliphatic carbocycles. The van der Waals surface area contributed by atoms with Gasteiger partial charge in [0.15, 0.2) is 0 Å². The molecule has 0 bridgehead atoms. The van der Waals surface area contributed by atoms with E-state index in [0.717, 1.165) is 12.8 Å². The van der Waals surface area contributed by atoms with Crippen LogP contribution in [0.4, 0.5) is 0 Å². The van der Waals surface area contributed by atoms with Gasteiger partial charge in [-0.05, 0) is 18.8 Å². The molecule has 0 saturated carbocycles. The average Bonchev–Trinajstić information content (AvgIpc) is 1.60. The standard InChI is InChI=1S/C8H20N2/c1-5-7(2,3)6-8(4,9)10/h5-6,9-10H2,1-4H3. The van der Waals surface area contributed by atoms with Gasteiger partial charge in [-0.1, -0.05) is 27.2 Å². The lowest BCUT2D eigenvalue weighted by molar-refractivity contribution is 0.242. The second-order valence-electron chi connectivity index (χ2n) is 4.20. The highest BCUT2D eigenvalue weighted by molar-refractivity contribution is 4.79. The van der Waals surface area contributed by atoms with Gasteiger partial charge in [-0.2, -0.15) is 0 Å². The number of hydrogen-bond acceptors (Lipinski definition) is 2. The molecule has 10 heavy (non-hydrogen) atoms. The summed E-state index contributed by atoms with van der Waals surface area (Å²) in [5, 5.41) is 0. The van der Waals surface area contributed by atoms with Gasteiger partial charge < -0.3 is 11.5 Å². The van der Waals surface area contributed by atoms with E-state index in [1.807, 2.05) is 6.92 Å². The van der Waals surface area contributed by atoms with Crippen LogP contribution in [0.1, 0.15) is 40.5 Å². The van der Waals surface area contributed by atoms with Crippen molar-refractivity contribution in [3.8, 4) is 0 Å². The van der Waals surface area contributed by atoms with Crippen LogP contribution in [0.2, 0.25) is 0 Å². The zero-order chi connectivity index (χ0) is 8.41. The normalized spacial score (nSPS) is 13.8. The summed E-state index contributed by atoms with van der Waals surface area (Å²) in [5.41, 5.74) is 11.1. The maximum Gasteiger partial charge on any atom is 0.0612 e. The molecule has 0 spiro atoms. The molecule has 0 heterocycles. The fourth-order valence-electron chi connectivity index (χ4n) is 1.16. The number of hydrogen-bond donors (Lipinski definition) is 2. The third kappa shape index (κ3) is 4.77. The smallest absolute Gasteiger partial charge is 0.0612 e. The molecule has 0 saturated heterocycles. The van der Waals surface area contributed by atoms with Crippen molar-refractivity contribution in [1.82, 2.24) is 0 Å². The van der Waals surface area contributed by atoms with Gasteiger partial charge in [-0.3, -0.25) is 0 Å². The fourth-order valence-corrected chi connectivity index (χ4v) is 1.16. The van der Waals surface area contributed by atoms with Crippen LogP contribution >= 0.6 is 0 Å². The highest BCUT2D eigenvalue weighted by Crippen LogP contribution is 2.27. The summed E-state index contributed by atoms with van der Waals surface area (Å²) in [4.78, 5) is 0. The van der Waals surface area contributed by atoms with Crippen molar-refractivity contribution in [3.05, 3.63) is 0 Å². The Hall–Kier alpha value is -0.0800. The molecule has 0 aliphatic heterocycles. The Morgan fingerprint density at radius 1 is 1.10 bits per heavy atom. The highest BCUT2D eigenvalue weighted by Gasteiger charge is 2.23. The molecule has 0 amide bonds. The molecule has 0 unspecified atom stereocenters. The maximum absolute atomic E-state index is 5.67. The molecule has 2 nitrogen and oxygen atoms in total. The van der Waals surface area contributed by atoms with Gasteiger partial charge in [0, 0.05) is 0 Å². The van der Waals surface area contributed by atoms with Crippen molar-refractivity contribution in [2.75, 3.05) is 0 Å². The van der Waals surface area contributed by atoms with Crippen LogP contribution in [-0.4, -0.2) is 5.66 Å². The molecular weight excluding hydrogens is 124 g/mol. The Bertz CT molecular complexity index is 100. The van der Waals surface area contributed by atoms with Crippen LogP contribution < -0.4 is 11.5 Å². The van der Waals surface area contributed by atoms with Gasteiger partial charge in [-0.25, -0.2) is 0 Å². The van der Waals surface area contributed by atoms with Crippen LogP contribution in [0, 0.1) is 5.41 Å². The monoisotopic (exact) mass is 144 g/mol. The minimum atomic E-state index is -0.514. The van der Waals surface area contributed by atoms with E-state index in [0.29, 0.717) is 0 Å². The van der Waals surface area contributed by atoms with Crippen LogP contribution in [0.3, 0.4) is 0 Å². The lowest BCUT2D eigenvalue weighted by Gasteiger charge is -2.30. The first-order valence-electron chi connectivity index (χ1n) is 3.85. The van der Waals surface area contributed by atoms with Gasteiger partial charge in [-0.15, -0.1) is 0 Å². The van der Waals surface area contributed by atoms with Crippen molar-refractivity contribution < 1.29 is 0 Å². The van der Waals surface area contributed by atoms with E-state index < -0.39 is 5.66 Å². The van der Waals surface area contributed by atoms with Crippen LogP contribution in [-0.2, 0) is 0 Å². The summed E-state index contributed by atoms with van der Waals surface area (Å²) < 4.78 is 0. The quantitative estimate of drug-likeness (QED) is 0.589. The Balaban J connectivity index is 3.89. The second kappa shape index (κ2) is 2.89. The first-order valence-corrected chi connectivity index (χ1v) is 3.85. The molecule has 0 aromatic rings. The van der Waals surface area contributed by atoms with Crippen molar-refractivity contribution in [2.24, 2.45) is 16.9 Å². The third-order valence-corrected chi connectivity index (χ3v) is 1.82. The Kier molecular flexibility index (Phi) is 2.86. The predicted molar refractivity (Wildman–Crippen MR) is 45.5 cm³/mol. The second-order valence-corrected chi connectivity index (χ2v) is 4.20. The van der Waals surface area contributed by atoms with Crippen LogP contribution in [0.5, 0.6) is 0 Å². The molecule has 62 valence electrons. The van der Waals surface area contributed by atoms with Gasteiger partial charge >= 0.3 is 0 Å². The summed E-state index contributed by atoms with van der Waals surface area (Å²) in [5.74, 6) is 0. The summed E-state index contributed by atoms with van der Waals surface area (Å²) in [6, 6.07) is 0. The van der Waals surface area contributed by atoms with E-state index in [4.69, 9.17) is 11.5 Å². The highest BCUT2D eigenvalue weighted by atomic mass is 14.9. The summed E-state index contributed by atoms with van der Waals surface area (Å²) in [6.45, 7) is 8.39. The van der Waals surface area contributed by atoms with Gasteiger partial charge in [0.2, 0.25) is 0 Å². The lowest BCUT2D eigenvalue weighted by atomic mass is 9.82. The van der Waals surface area contributed by atoms with E-state index in [9.17, 15) is 0 Å². The van der Waals surface area contributed by atoms with Crippen LogP contribution in [0.25, 0.3) is 0 Å². The Morgan fingerprint density at radius 2 is 1.50 bits per heavy atom. The van der Waals surface area contributed by atoms with Crippen molar-refractivity contribution >= 4 is 0 Å². The first-order chi connectivity index (χ1) is 4.27. The largest absolute Gasteiger partial charge is 0.314 e. The zero-order valence-electron chi connectivity index (χ0n) is 7.57. The molecule has 0 fully saturated rings. The van der Waals surface area contributed by atoms with Crippen molar-refractivity contribution in [2.45, 2.75) is 46.2 Å². The molecule has 0 aromatic carbocycles. The maximum atomic E-state index is 5.67. The van der Waals surface area contributed by atoms with E-state index in [1.165, 1.54) is 0 Å². The SMILES string of the molecule is CCC(C)(C)CC(C)(N)N. The van der Waals surface area contributed by atoms with Crippen molar-refractivity contribution in [3.63, 3.8) is 0 Å². The van der Waals surface area contributed by atoms with E-state index in [2.05, 4.69) is 20.8 Å². The topological polar surface area (TPSA) is 52.0 Å². The summed E-state index contributed by atoms with van der Waals surface area (Å²) in [7, 11) is 0. The fraction of sp³-hybridized carbons (Fsp3) is 1.00. The van der Waals surface area contributed by atoms with Gasteiger partial charge in [0.25, 0.3) is 0 Å². The average molecular weight is 144 g/mol.